The lowest BCUT2D eigenvalue weighted by Gasteiger charge is -2.30. The van der Waals surface area contributed by atoms with Gasteiger partial charge in [0.1, 0.15) is 11.2 Å². The summed E-state index contributed by atoms with van der Waals surface area (Å²) >= 11 is 0. The largest absolute Gasteiger partial charge is 0.393 e. The number of ether oxygens (including phenoxy) is 1. The van der Waals surface area contributed by atoms with Crippen molar-refractivity contribution in [3.63, 3.8) is 0 Å². The van der Waals surface area contributed by atoms with Gasteiger partial charge in [0, 0.05) is 0 Å². The van der Waals surface area contributed by atoms with Gasteiger partial charge in [-0.25, -0.2) is 0 Å². The molecule has 5 nitrogen and oxygen atoms in total. The van der Waals surface area contributed by atoms with E-state index >= 15 is 0 Å². The highest BCUT2D eigenvalue weighted by Gasteiger charge is 2.30. The maximum atomic E-state index is 10.8. The molecule has 0 saturated carbocycles. The highest BCUT2D eigenvalue weighted by Crippen LogP contribution is 2.21. The van der Waals surface area contributed by atoms with Crippen molar-refractivity contribution < 1.29 is 25.2 Å². The van der Waals surface area contributed by atoms with Gasteiger partial charge in [-0.05, 0) is 12.8 Å². The maximum absolute atomic E-state index is 10.8. The highest BCUT2D eigenvalue weighted by atomic mass is 16.5. The van der Waals surface area contributed by atoms with Crippen LogP contribution in [0.3, 0.4) is 0 Å². The second kappa shape index (κ2) is 31.8. The summed E-state index contributed by atoms with van der Waals surface area (Å²) in [5.41, 5.74) is -2.55. The summed E-state index contributed by atoms with van der Waals surface area (Å²) in [6.07, 6.45) is 37.0. The SMILES string of the molecule is CCCCCCCCCCCCCCCCC(O)(CO)COCC(O)(CO)CCCCCCCCCCCCCCCC. The molecule has 2 unspecified atom stereocenters. The summed E-state index contributed by atoms with van der Waals surface area (Å²) in [6.45, 7) is 3.82. The van der Waals surface area contributed by atoms with Crippen molar-refractivity contribution in [3.8, 4) is 0 Å². The first-order valence-corrected chi connectivity index (χ1v) is 19.2. The van der Waals surface area contributed by atoms with E-state index in [9.17, 15) is 20.4 Å². The molecule has 0 rings (SSSR count). The summed E-state index contributed by atoms with van der Waals surface area (Å²) in [7, 11) is 0. The van der Waals surface area contributed by atoms with E-state index in [1.165, 1.54) is 154 Å². The van der Waals surface area contributed by atoms with Crippen molar-refractivity contribution in [1.29, 1.82) is 0 Å². The third-order valence-corrected chi connectivity index (χ3v) is 9.32. The number of unbranched alkanes of at least 4 members (excludes halogenated alkanes) is 26. The van der Waals surface area contributed by atoms with E-state index in [1.807, 2.05) is 0 Å². The van der Waals surface area contributed by atoms with Crippen molar-refractivity contribution in [3.05, 3.63) is 0 Å². The van der Waals surface area contributed by atoms with Crippen LogP contribution in [0.4, 0.5) is 0 Å². The lowest BCUT2D eigenvalue weighted by atomic mass is 9.95. The predicted molar refractivity (Wildman–Crippen MR) is 185 cm³/mol. The summed E-state index contributed by atoms with van der Waals surface area (Å²) in [5, 5.41) is 41.1. The fourth-order valence-corrected chi connectivity index (χ4v) is 6.12. The minimum atomic E-state index is -1.28. The zero-order chi connectivity index (χ0) is 31.7. The van der Waals surface area contributed by atoms with Crippen molar-refractivity contribution in [1.82, 2.24) is 0 Å². The minimum Gasteiger partial charge on any atom is -0.393 e. The summed E-state index contributed by atoms with van der Waals surface area (Å²) in [5.74, 6) is 0. The molecule has 0 aliphatic rings. The van der Waals surface area contributed by atoms with Crippen molar-refractivity contribution in [2.75, 3.05) is 26.4 Å². The average molecular weight is 615 g/mol. The Balaban J connectivity index is 3.76. The number of rotatable bonds is 36. The summed E-state index contributed by atoms with van der Waals surface area (Å²) in [4.78, 5) is 0. The number of aliphatic hydroxyl groups excluding tert-OH is 2. The fourth-order valence-electron chi connectivity index (χ4n) is 6.12. The monoisotopic (exact) mass is 615 g/mol. The first-order chi connectivity index (χ1) is 20.9. The van der Waals surface area contributed by atoms with Crippen LogP contribution < -0.4 is 0 Å². The Morgan fingerprint density at radius 2 is 0.558 bits per heavy atom. The Morgan fingerprint density at radius 3 is 0.767 bits per heavy atom. The van der Waals surface area contributed by atoms with E-state index in [0.717, 1.165) is 25.7 Å². The van der Waals surface area contributed by atoms with Crippen molar-refractivity contribution >= 4 is 0 Å². The van der Waals surface area contributed by atoms with Gasteiger partial charge in [0.15, 0.2) is 0 Å². The second-order valence-corrected chi connectivity index (χ2v) is 14.0. The molecule has 0 aromatic rings. The van der Waals surface area contributed by atoms with Gasteiger partial charge in [-0.15, -0.1) is 0 Å². The molecule has 0 aliphatic carbocycles. The Morgan fingerprint density at radius 1 is 0.349 bits per heavy atom. The maximum Gasteiger partial charge on any atom is 0.111 e. The van der Waals surface area contributed by atoms with Crippen LogP contribution in [0.5, 0.6) is 0 Å². The normalized spacial score (nSPS) is 14.7. The predicted octanol–water partition coefficient (Wildman–Crippen LogP) is 10.2. The standard InChI is InChI=1S/C38H78O5/c1-3-5-7-9-11-13-15-17-19-21-23-25-27-29-31-37(41,33-39)35-43-36-38(42,34-40)32-30-28-26-24-22-20-18-16-14-12-10-8-6-4-2/h39-42H,3-36H2,1-2H3. The van der Waals surface area contributed by atoms with Gasteiger partial charge in [-0.3, -0.25) is 0 Å². The molecule has 0 spiro atoms. The zero-order valence-electron chi connectivity index (χ0n) is 29.2. The van der Waals surface area contributed by atoms with Crippen LogP contribution in [0.1, 0.15) is 206 Å². The Hall–Kier alpha value is -0.200. The number of hydrogen-bond donors (Lipinski definition) is 4. The van der Waals surface area contributed by atoms with E-state index in [4.69, 9.17) is 4.74 Å². The molecule has 260 valence electrons. The lowest BCUT2D eigenvalue weighted by Crippen LogP contribution is -2.43. The van der Waals surface area contributed by atoms with Crippen molar-refractivity contribution in [2.45, 2.75) is 218 Å². The Bertz CT molecular complexity index is 498. The fraction of sp³-hybridized carbons (Fsp3) is 1.00. The molecule has 0 fully saturated rings. The van der Waals surface area contributed by atoms with Crippen LogP contribution in [-0.2, 0) is 4.74 Å². The highest BCUT2D eigenvalue weighted by molar-refractivity contribution is 4.81. The van der Waals surface area contributed by atoms with Gasteiger partial charge in [-0.1, -0.05) is 194 Å². The van der Waals surface area contributed by atoms with Crippen molar-refractivity contribution in [2.24, 2.45) is 0 Å². The van der Waals surface area contributed by atoms with Crippen LogP contribution in [0.2, 0.25) is 0 Å². The number of hydrogen-bond acceptors (Lipinski definition) is 5. The third kappa shape index (κ3) is 29.0. The van der Waals surface area contributed by atoms with Gasteiger partial charge >= 0.3 is 0 Å². The minimum absolute atomic E-state index is 0.0109. The van der Waals surface area contributed by atoms with E-state index in [-0.39, 0.29) is 26.4 Å². The van der Waals surface area contributed by atoms with Crippen LogP contribution >= 0.6 is 0 Å². The molecule has 43 heavy (non-hydrogen) atoms. The van der Waals surface area contributed by atoms with Crippen LogP contribution in [-0.4, -0.2) is 58.1 Å². The molecule has 0 aromatic carbocycles. The Kier molecular flexibility index (Phi) is 31.6. The molecule has 0 aliphatic heterocycles. The molecule has 4 N–H and O–H groups in total. The molecule has 2 atom stereocenters. The van der Waals surface area contributed by atoms with Gasteiger partial charge in [-0.2, -0.15) is 0 Å². The average Bonchev–Trinajstić information content (AvgIpc) is 3.01. The molecular weight excluding hydrogens is 536 g/mol. The smallest absolute Gasteiger partial charge is 0.111 e. The van der Waals surface area contributed by atoms with E-state index in [1.54, 1.807) is 0 Å². The first-order valence-electron chi connectivity index (χ1n) is 19.2. The van der Waals surface area contributed by atoms with Crippen LogP contribution in [0.15, 0.2) is 0 Å². The molecule has 0 aromatic heterocycles. The summed E-state index contributed by atoms with van der Waals surface area (Å²) in [6, 6.07) is 0. The molecule has 0 amide bonds. The number of aliphatic hydroxyl groups is 4. The van der Waals surface area contributed by atoms with Crippen LogP contribution in [0, 0.1) is 0 Å². The molecule has 5 heteroatoms. The van der Waals surface area contributed by atoms with Gasteiger partial charge < -0.3 is 25.2 Å². The van der Waals surface area contributed by atoms with E-state index < -0.39 is 11.2 Å². The van der Waals surface area contributed by atoms with E-state index in [2.05, 4.69) is 13.8 Å². The second-order valence-electron chi connectivity index (χ2n) is 14.0. The van der Waals surface area contributed by atoms with Gasteiger partial charge in [0.25, 0.3) is 0 Å². The van der Waals surface area contributed by atoms with Gasteiger partial charge in [0.2, 0.25) is 0 Å². The first kappa shape index (κ1) is 42.8. The quantitative estimate of drug-likeness (QED) is 0.0527. The molecule has 0 bridgehead atoms. The third-order valence-electron chi connectivity index (χ3n) is 9.32. The van der Waals surface area contributed by atoms with E-state index in [0.29, 0.717) is 12.8 Å². The molecule has 0 saturated heterocycles. The zero-order valence-corrected chi connectivity index (χ0v) is 29.2. The van der Waals surface area contributed by atoms with Gasteiger partial charge in [0.05, 0.1) is 26.4 Å². The molecule has 0 heterocycles. The molecular formula is C38H78O5. The summed E-state index contributed by atoms with van der Waals surface area (Å²) < 4.78 is 5.66. The topological polar surface area (TPSA) is 90.2 Å². The molecule has 0 radical (unpaired) electrons. The van der Waals surface area contributed by atoms with Crippen LogP contribution in [0.25, 0.3) is 0 Å². The lowest BCUT2D eigenvalue weighted by molar-refractivity contribution is -0.129. The Labute approximate surface area is 269 Å².